The molecule has 2 aliphatic rings. The number of nitrogens with zero attached hydrogens (tertiary/aromatic N) is 2. The maximum atomic E-state index is 12.8. The summed E-state index contributed by atoms with van der Waals surface area (Å²) in [7, 11) is 0.573. The van der Waals surface area contributed by atoms with E-state index in [2.05, 4.69) is 5.32 Å². The minimum atomic E-state index is -3.35. The molecule has 1 amide bonds. The minimum Gasteiger partial charge on any atom is -0.387 e. The fourth-order valence-electron chi connectivity index (χ4n) is 5.19. The molecule has 1 fully saturated rings. The summed E-state index contributed by atoms with van der Waals surface area (Å²) in [4.78, 5) is 14.8. The van der Waals surface area contributed by atoms with E-state index in [0.29, 0.717) is 19.4 Å². The fourth-order valence-corrected chi connectivity index (χ4v) is 6.19. The molecule has 8 heteroatoms. The molecule has 1 saturated carbocycles. The van der Waals surface area contributed by atoms with Crippen LogP contribution >= 0.6 is 0 Å². The summed E-state index contributed by atoms with van der Waals surface area (Å²) in [5.41, 5.74) is 3.43. The summed E-state index contributed by atoms with van der Waals surface area (Å²) in [6.45, 7) is 0.619. The fraction of sp³-hybridized carbons (Fsp3) is 0.480. The van der Waals surface area contributed by atoms with Crippen LogP contribution < -0.4 is 14.5 Å². The Morgan fingerprint density at radius 2 is 1.79 bits per heavy atom. The second-order valence-electron chi connectivity index (χ2n) is 9.59. The van der Waals surface area contributed by atoms with Gasteiger partial charge in [-0.05, 0) is 55.0 Å². The highest BCUT2D eigenvalue weighted by molar-refractivity contribution is 7.92. The number of rotatable bonds is 6. The molecular formula is C25H33N3O4S. The SMILES string of the molecule is CN(C)c1ccc(C(O)CNC(=O)C2CCC3(CC2)CN(S(C)(=O)=O)c2ccccc23)cc1. The minimum absolute atomic E-state index is 0.0416. The highest BCUT2D eigenvalue weighted by Gasteiger charge is 2.47. The van der Waals surface area contributed by atoms with Crippen molar-refractivity contribution in [3.63, 3.8) is 0 Å². The Morgan fingerprint density at radius 3 is 2.39 bits per heavy atom. The first kappa shape index (κ1) is 23.6. The van der Waals surface area contributed by atoms with Crippen molar-refractivity contribution in [1.82, 2.24) is 5.32 Å². The largest absolute Gasteiger partial charge is 0.387 e. The van der Waals surface area contributed by atoms with Crippen LogP contribution in [0.15, 0.2) is 48.5 Å². The Bertz CT molecular complexity index is 1110. The Labute approximate surface area is 196 Å². The van der Waals surface area contributed by atoms with Crippen LogP contribution in [0.4, 0.5) is 11.4 Å². The van der Waals surface area contributed by atoms with Gasteiger partial charge in [0, 0.05) is 44.2 Å². The number of sulfonamides is 1. The van der Waals surface area contributed by atoms with Gasteiger partial charge in [-0.1, -0.05) is 30.3 Å². The molecule has 2 aromatic carbocycles. The van der Waals surface area contributed by atoms with E-state index in [0.717, 1.165) is 35.3 Å². The van der Waals surface area contributed by atoms with Gasteiger partial charge in [0.05, 0.1) is 18.0 Å². The molecule has 2 aromatic rings. The molecule has 4 rings (SSSR count). The number of nitrogens with one attached hydrogen (secondary N) is 1. The van der Waals surface area contributed by atoms with Gasteiger partial charge in [0.2, 0.25) is 15.9 Å². The summed E-state index contributed by atoms with van der Waals surface area (Å²) in [5.74, 6) is -0.168. The van der Waals surface area contributed by atoms with Gasteiger partial charge >= 0.3 is 0 Å². The maximum Gasteiger partial charge on any atom is 0.232 e. The van der Waals surface area contributed by atoms with E-state index in [1.54, 1.807) is 0 Å². The van der Waals surface area contributed by atoms with Crippen molar-refractivity contribution in [1.29, 1.82) is 0 Å². The Hall–Kier alpha value is -2.58. The third-order valence-corrected chi connectivity index (χ3v) is 8.29. The molecule has 1 spiro atoms. The van der Waals surface area contributed by atoms with Crippen LogP contribution in [-0.2, 0) is 20.2 Å². The summed E-state index contributed by atoms with van der Waals surface area (Å²) in [6.07, 6.45) is 3.42. The molecule has 0 radical (unpaired) electrons. The molecular weight excluding hydrogens is 438 g/mol. The molecule has 1 atom stereocenters. The van der Waals surface area contributed by atoms with Crippen molar-refractivity contribution in [3.8, 4) is 0 Å². The van der Waals surface area contributed by atoms with Gasteiger partial charge in [0.15, 0.2) is 0 Å². The zero-order valence-corrected chi connectivity index (χ0v) is 20.3. The highest BCUT2D eigenvalue weighted by Crippen LogP contribution is 2.50. The first-order valence-electron chi connectivity index (χ1n) is 11.4. The molecule has 2 N–H and O–H groups in total. The Kier molecular flexibility index (Phi) is 6.42. The number of amides is 1. The van der Waals surface area contributed by atoms with Crippen LogP contribution in [0, 0.1) is 5.92 Å². The molecule has 33 heavy (non-hydrogen) atoms. The number of anilines is 2. The lowest BCUT2D eigenvalue weighted by Crippen LogP contribution is -2.42. The number of benzene rings is 2. The van der Waals surface area contributed by atoms with Gasteiger partial charge < -0.3 is 15.3 Å². The number of hydrogen-bond acceptors (Lipinski definition) is 5. The highest BCUT2D eigenvalue weighted by atomic mass is 32.2. The molecule has 1 unspecified atom stereocenters. The molecule has 0 bridgehead atoms. The summed E-state index contributed by atoms with van der Waals surface area (Å²) < 4.78 is 26.2. The summed E-state index contributed by atoms with van der Waals surface area (Å²) in [5, 5.41) is 13.4. The van der Waals surface area contributed by atoms with Crippen LogP contribution in [0.1, 0.15) is 42.9 Å². The Balaban J connectivity index is 1.36. The number of hydrogen-bond donors (Lipinski definition) is 2. The number of fused-ring (bicyclic) bond motifs is 2. The first-order valence-corrected chi connectivity index (χ1v) is 13.3. The molecule has 1 aliphatic carbocycles. The van der Waals surface area contributed by atoms with Gasteiger partial charge in [-0.15, -0.1) is 0 Å². The average molecular weight is 472 g/mol. The number of carbonyl (C=O) groups excluding carboxylic acids is 1. The van der Waals surface area contributed by atoms with Crippen molar-refractivity contribution < 1.29 is 18.3 Å². The average Bonchev–Trinajstić information content (AvgIpc) is 3.12. The van der Waals surface area contributed by atoms with E-state index >= 15 is 0 Å². The molecule has 178 valence electrons. The molecule has 1 heterocycles. The van der Waals surface area contributed by atoms with E-state index in [4.69, 9.17) is 0 Å². The monoisotopic (exact) mass is 471 g/mol. The van der Waals surface area contributed by atoms with Gasteiger partial charge in [-0.25, -0.2) is 8.42 Å². The number of aliphatic hydroxyl groups is 1. The second kappa shape index (κ2) is 8.99. The van der Waals surface area contributed by atoms with Crippen molar-refractivity contribution in [2.45, 2.75) is 37.2 Å². The van der Waals surface area contributed by atoms with E-state index in [-0.39, 0.29) is 23.8 Å². The first-order chi connectivity index (χ1) is 15.6. The summed E-state index contributed by atoms with van der Waals surface area (Å²) >= 11 is 0. The van der Waals surface area contributed by atoms with E-state index in [9.17, 15) is 18.3 Å². The van der Waals surface area contributed by atoms with Crippen molar-refractivity contribution in [3.05, 3.63) is 59.7 Å². The molecule has 1 aliphatic heterocycles. The zero-order valence-electron chi connectivity index (χ0n) is 19.5. The van der Waals surface area contributed by atoms with Gasteiger partial charge in [0.25, 0.3) is 0 Å². The van der Waals surface area contributed by atoms with Gasteiger partial charge in [-0.3, -0.25) is 9.10 Å². The lowest BCUT2D eigenvalue weighted by Gasteiger charge is -2.37. The van der Waals surface area contributed by atoms with Crippen LogP contribution in [-0.4, -0.2) is 52.9 Å². The van der Waals surface area contributed by atoms with E-state index < -0.39 is 16.1 Å². The third-order valence-electron chi connectivity index (χ3n) is 7.17. The predicted molar refractivity (Wildman–Crippen MR) is 131 cm³/mol. The van der Waals surface area contributed by atoms with E-state index in [1.165, 1.54) is 10.6 Å². The topological polar surface area (TPSA) is 89.9 Å². The van der Waals surface area contributed by atoms with Crippen molar-refractivity contribution in [2.75, 3.05) is 42.6 Å². The molecule has 7 nitrogen and oxygen atoms in total. The number of aliphatic hydroxyl groups excluding tert-OH is 1. The lowest BCUT2D eigenvalue weighted by molar-refractivity contribution is -0.126. The standard InChI is InChI=1S/C25H33N3O4S/c1-27(2)20-10-8-18(9-11-20)23(29)16-26-24(30)19-12-14-25(15-13-19)17-28(33(3,31)32)22-7-5-4-6-21(22)25/h4-11,19,23,29H,12-17H2,1-3H3,(H,26,30). The van der Waals surface area contributed by atoms with Crippen LogP contribution in [0.25, 0.3) is 0 Å². The van der Waals surface area contributed by atoms with Gasteiger partial charge in [0.1, 0.15) is 0 Å². The second-order valence-corrected chi connectivity index (χ2v) is 11.5. The predicted octanol–water partition coefficient (Wildman–Crippen LogP) is 2.81. The lowest BCUT2D eigenvalue weighted by atomic mass is 9.67. The van der Waals surface area contributed by atoms with Crippen LogP contribution in [0.2, 0.25) is 0 Å². The normalized spacial score (nSPS) is 23.3. The molecule has 0 saturated heterocycles. The summed E-state index contributed by atoms with van der Waals surface area (Å²) in [6, 6.07) is 15.4. The molecule has 0 aromatic heterocycles. The number of carbonyl (C=O) groups is 1. The number of para-hydroxylation sites is 1. The van der Waals surface area contributed by atoms with Crippen molar-refractivity contribution in [2.24, 2.45) is 5.92 Å². The zero-order chi connectivity index (χ0) is 23.8. The smallest absolute Gasteiger partial charge is 0.232 e. The van der Waals surface area contributed by atoms with Gasteiger partial charge in [-0.2, -0.15) is 0 Å². The van der Waals surface area contributed by atoms with Crippen molar-refractivity contribution >= 4 is 27.3 Å². The van der Waals surface area contributed by atoms with Crippen LogP contribution in [0.5, 0.6) is 0 Å². The van der Waals surface area contributed by atoms with Crippen LogP contribution in [0.3, 0.4) is 0 Å². The maximum absolute atomic E-state index is 12.8. The Morgan fingerprint density at radius 1 is 1.15 bits per heavy atom. The quantitative estimate of drug-likeness (QED) is 0.676. The third kappa shape index (κ3) is 4.73. The van der Waals surface area contributed by atoms with E-state index in [1.807, 2.05) is 67.5 Å².